The number of rotatable bonds is 9. The molecule has 1 aromatic carbocycles. The Hall–Kier alpha value is -1.26. The Labute approximate surface area is 116 Å². The minimum atomic E-state index is 0.0964. The molecule has 0 aliphatic heterocycles. The molecule has 0 amide bonds. The first kappa shape index (κ1) is 15.8. The van der Waals surface area contributed by atoms with Gasteiger partial charge < -0.3 is 19.5 Å². The maximum absolute atomic E-state index is 5.88. The molecule has 1 unspecified atom stereocenters. The Morgan fingerprint density at radius 3 is 2.68 bits per heavy atom. The fourth-order valence-electron chi connectivity index (χ4n) is 1.78. The average Bonchev–Trinajstić information content (AvgIpc) is 2.40. The van der Waals surface area contributed by atoms with Gasteiger partial charge in [-0.15, -0.1) is 0 Å². The Bertz CT molecular complexity index is 368. The lowest BCUT2D eigenvalue weighted by atomic mass is 10.2. The molecule has 0 heterocycles. The van der Waals surface area contributed by atoms with Gasteiger partial charge in [0.1, 0.15) is 6.10 Å². The lowest BCUT2D eigenvalue weighted by Crippen LogP contribution is -2.30. The fraction of sp³-hybridized carbons (Fsp3) is 0.600. The molecule has 0 spiro atoms. The topological polar surface area (TPSA) is 39.7 Å². The predicted octanol–water partition coefficient (Wildman–Crippen LogP) is 2.40. The number of hydrogen-bond donors (Lipinski definition) is 1. The van der Waals surface area contributed by atoms with Crippen LogP contribution in [0.15, 0.2) is 18.2 Å². The van der Waals surface area contributed by atoms with Crippen LogP contribution in [0.25, 0.3) is 0 Å². The van der Waals surface area contributed by atoms with E-state index in [0.29, 0.717) is 0 Å². The van der Waals surface area contributed by atoms with Crippen molar-refractivity contribution >= 4 is 0 Å². The highest BCUT2D eigenvalue weighted by atomic mass is 16.5. The summed E-state index contributed by atoms with van der Waals surface area (Å²) >= 11 is 0. The lowest BCUT2D eigenvalue weighted by Gasteiger charge is -2.17. The van der Waals surface area contributed by atoms with Crippen LogP contribution in [0.3, 0.4) is 0 Å². The number of ether oxygens (including phenoxy) is 3. The Morgan fingerprint density at radius 1 is 1.21 bits per heavy atom. The minimum Gasteiger partial charge on any atom is -0.493 e. The monoisotopic (exact) mass is 267 g/mol. The van der Waals surface area contributed by atoms with Crippen LogP contribution in [0.5, 0.6) is 11.5 Å². The van der Waals surface area contributed by atoms with Crippen LogP contribution in [0, 0.1) is 6.92 Å². The summed E-state index contributed by atoms with van der Waals surface area (Å²) in [5.41, 5.74) is 1.16. The second kappa shape index (κ2) is 8.77. The van der Waals surface area contributed by atoms with Gasteiger partial charge in [-0.1, -0.05) is 6.07 Å². The third-order valence-electron chi connectivity index (χ3n) is 2.78. The highest BCUT2D eigenvalue weighted by Gasteiger charge is 2.08. The third-order valence-corrected chi connectivity index (χ3v) is 2.78. The van der Waals surface area contributed by atoms with E-state index in [1.54, 1.807) is 14.2 Å². The molecule has 1 N–H and O–H groups in total. The van der Waals surface area contributed by atoms with Gasteiger partial charge in [0.2, 0.25) is 0 Å². The molecule has 1 aromatic rings. The van der Waals surface area contributed by atoms with Crippen molar-refractivity contribution in [2.75, 3.05) is 33.9 Å². The zero-order valence-corrected chi connectivity index (χ0v) is 12.4. The van der Waals surface area contributed by atoms with Crippen LogP contribution < -0.4 is 14.8 Å². The third kappa shape index (κ3) is 5.94. The summed E-state index contributed by atoms with van der Waals surface area (Å²) in [6, 6.07) is 5.96. The molecule has 0 aliphatic rings. The maximum atomic E-state index is 5.88. The summed E-state index contributed by atoms with van der Waals surface area (Å²) in [4.78, 5) is 0. The van der Waals surface area contributed by atoms with Crippen LogP contribution in [-0.2, 0) is 4.74 Å². The summed E-state index contributed by atoms with van der Waals surface area (Å²) in [6.07, 6.45) is 1.11. The first-order valence-electron chi connectivity index (χ1n) is 6.68. The molecule has 0 fully saturated rings. The quantitative estimate of drug-likeness (QED) is 0.697. The maximum Gasteiger partial charge on any atom is 0.161 e. The molecule has 0 bridgehead atoms. The van der Waals surface area contributed by atoms with Gasteiger partial charge in [0, 0.05) is 20.3 Å². The van der Waals surface area contributed by atoms with Gasteiger partial charge in [0.05, 0.1) is 7.11 Å². The van der Waals surface area contributed by atoms with Crippen molar-refractivity contribution in [2.45, 2.75) is 26.4 Å². The number of aryl methyl sites for hydroxylation is 1. The van der Waals surface area contributed by atoms with Crippen molar-refractivity contribution in [1.29, 1.82) is 0 Å². The van der Waals surface area contributed by atoms with E-state index >= 15 is 0 Å². The van der Waals surface area contributed by atoms with Crippen molar-refractivity contribution in [3.8, 4) is 11.5 Å². The predicted molar refractivity (Wildman–Crippen MR) is 77.2 cm³/mol. The van der Waals surface area contributed by atoms with Crippen molar-refractivity contribution in [3.05, 3.63) is 23.8 Å². The minimum absolute atomic E-state index is 0.0964. The van der Waals surface area contributed by atoms with E-state index in [1.165, 1.54) is 0 Å². The Balaban J connectivity index is 2.37. The van der Waals surface area contributed by atoms with Crippen molar-refractivity contribution in [2.24, 2.45) is 0 Å². The summed E-state index contributed by atoms with van der Waals surface area (Å²) in [5.74, 6) is 1.57. The number of hydrogen-bond acceptors (Lipinski definition) is 4. The summed E-state index contributed by atoms with van der Waals surface area (Å²) in [7, 11) is 3.38. The lowest BCUT2D eigenvalue weighted by molar-refractivity contribution is 0.186. The van der Waals surface area contributed by atoms with Gasteiger partial charge in [0.25, 0.3) is 0 Å². The molecule has 0 radical (unpaired) electrons. The van der Waals surface area contributed by atoms with Crippen LogP contribution in [0.4, 0.5) is 0 Å². The normalized spacial score (nSPS) is 12.2. The van der Waals surface area contributed by atoms with Gasteiger partial charge in [-0.3, -0.25) is 0 Å². The molecule has 0 saturated carbocycles. The van der Waals surface area contributed by atoms with Gasteiger partial charge >= 0.3 is 0 Å². The smallest absolute Gasteiger partial charge is 0.161 e. The van der Waals surface area contributed by atoms with Crippen LogP contribution in [0.1, 0.15) is 18.9 Å². The summed E-state index contributed by atoms with van der Waals surface area (Å²) in [5, 5.41) is 3.34. The van der Waals surface area contributed by atoms with Crippen molar-refractivity contribution < 1.29 is 14.2 Å². The van der Waals surface area contributed by atoms with Gasteiger partial charge in [-0.2, -0.15) is 0 Å². The molecule has 4 heteroatoms. The zero-order chi connectivity index (χ0) is 14.1. The first-order chi connectivity index (χ1) is 9.17. The molecule has 1 rings (SSSR count). The van der Waals surface area contributed by atoms with Crippen LogP contribution >= 0.6 is 0 Å². The fourth-order valence-corrected chi connectivity index (χ4v) is 1.78. The number of nitrogens with one attached hydrogen (secondary N) is 1. The van der Waals surface area contributed by atoms with Gasteiger partial charge in [0.15, 0.2) is 11.5 Å². The molecular weight excluding hydrogens is 242 g/mol. The standard InChI is InChI=1S/C15H25NO3/c1-12-6-7-14(15(10-12)18-4)19-13(2)11-16-8-5-9-17-3/h6-7,10,13,16H,5,8-9,11H2,1-4H3. The average molecular weight is 267 g/mol. The highest BCUT2D eigenvalue weighted by Crippen LogP contribution is 2.28. The van der Waals surface area contributed by atoms with Gasteiger partial charge in [-0.25, -0.2) is 0 Å². The second-order valence-corrected chi connectivity index (χ2v) is 4.63. The summed E-state index contributed by atoms with van der Waals surface area (Å²) < 4.78 is 16.2. The molecule has 0 aliphatic carbocycles. The molecule has 1 atom stereocenters. The van der Waals surface area contributed by atoms with E-state index in [2.05, 4.69) is 5.32 Å². The Kier molecular flexibility index (Phi) is 7.30. The molecular formula is C15H25NO3. The van der Waals surface area contributed by atoms with E-state index in [-0.39, 0.29) is 6.10 Å². The SMILES string of the molecule is COCCCNCC(C)Oc1ccc(C)cc1OC. The molecule has 4 nitrogen and oxygen atoms in total. The van der Waals surface area contributed by atoms with E-state index in [4.69, 9.17) is 14.2 Å². The largest absolute Gasteiger partial charge is 0.493 e. The van der Waals surface area contributed by atoms with Gasteiger partial charge in [-0.05, 0) is 44.5 Å². The second-order valence-electron chi connectivity index (χ2n) is 4.63. The van der Waals surface area contributed by atoms with Crippen LogP contribution in [-0.4, -0.2) is 40.0 Å². The Morgan fingerprint density at radius 2 is 2.00 bits per heavy atom. The molecule has 0 saturated heterocycles. The van der Waals surface area contributed by atoms with E-state index in [9.17, 15) is 0 Å². The van der Waals surface area contributed by atoms with E-state index < -0.39 is 0 Å². The van der Waals surface area contributed by atoms with E-state index in [0.717, 1.165) is 43.2 Å². The first-order valence-corrected chi connectivity index (χ1v) is 6.68. The summed E-state index contributed by atoms with van der Waals surface area (Å²) in [6.45, 7) is 6.61. The van der Waals surface area contributed by atoms with E-state index in [1.807, 2.05) is 32.0 Å². The van der Waals surface area contributed by atoms with Crippen LogP contribution in [0.2, 0.25) is 0 Å². The molecule has 19 heavy (non-hydrogen) atoms. The molecule has 0 aromatic heterocycles. The number of benzene rings is 1. The van der Waals surface area contributed by atoms with Crippen molar-refractivity contribution in [3.63, 3.8) is 0 Å². The highest BCUT2D eigenvalue weighted by molar-refractivity contribution is 5.42. The zero-order valence-electron chi connectivity index (χ0n) is 12.4. The molecule has 108 valence electrons. The van der Waals surface area contributed by atoms with Crippen molar-refractivity contribution in [1.82, 2.24) is 5.32 Å². The number of methoxy groups -OCH3 is 2.